The Bertz CT molecular complexity index is 137. The molecule has 0 aliphatic carbocycles. The molecule has 0 amide bonds. The van der Waals surface area contributed by atoms with E-state index < -0.39 is 7.14 Å². The Labute approximate surface area is 51.2 Å². The second-order valence-electron chi connectivity index (χ2n) is 2.15. The molecule has 0 saturated carbocycles. The van der Waals surface area contributed by atoms with Crippen LogP contribution in [0.1, 0.15) is 13.8 Å². The molecule has 0 heterocycles. The zero-order valence-corrected chi connectivity index (χ0v) is 6.66. The van der Waals surface area contributed by atoms with E-state index in [0.29, 0.717) is 0 Å². The predicted molar refractivity (Wildman–Crippen MR) is 38.9 cm³/mol. The number of hydrogen-bond donors (Lipinski definition) is 0. The maximum Gasteiger partial charge on any atom is 0.107 e. The van der Waals surface area contributed by atoms with Gasteiger partial charge >= 0.3 is 0 Å². The van der Waals surface area contributed by atoms with Crippen molar-refractivity contribution >= 4 is 7.14 Å². The van der Waals surface area contributed by atoms with Crippen molar-refractivity contribution in [3.05, 3.63) is 11.9 Å². The summed E-state index contributed by atoms with van der Waals surface area (Å²) in [6.07, 6.45) is 0.738. The van der Waals surface area contributed by atoms with Crippen molar-refractivity contribution in [1.82, 2.24) is 0 Å². The number of rotatable bonds is 2. The highest BCUT2D eigenvalue weighted by Gasteiger charge is 2.10. The molecule has 0 saturated heterocycles. The molecule has 1 nitrogen and oxygen atoms in total. The maximum absolute atomic E-state index is 11.2. The average molecular weight is 132 g/mol. The summed E-state index contributed by atoms with van der Waals surface area (Å²) in [6, 6.07) is 0. The minimum Gasteiger partial charge on any atom is -0.319 e. The lowest BCUT2D eigenvalue weighted by molar-refractivity contribution is 0.583. The van der Waals surface area contributed by atoms with Crippen LogP contribution < -0.4 is 0 Å². The fourth-order valence-corrected chi connectivity index (χ4v) is 0.810. The molecule has 8 heavy (non-hydrogen) atoms. The van der Waals surface area contributed by atoms with E-state index in [0.717, 1.165) is 11.5 Å². The molecule has 0 aromatic rings. The minimum absolute atomic E-state index is 0.738. The van der Waals surface area contributed by atoms with Crippen LogP contribution in [0.5, 0.6) is 0 Å². The fraction of sp³-hybridized carbons (Fsp3) is 0.667. The van der Waals surface area contributed by atoms with Gasteiger partial charge in [-0.1, -0.05) is 13.5 Å². The van der Waals surface area contributed by atoms with E-state index in [1.54, 1.807) is 6.66 Å². The third-order valence-electron chi connectivity index (χ3n) is 1.41. The predicted octanol–water partition coefficient (Wildman–Crippen LogP) is 2.53. The molecule has 48 valence electrons. The van der Waals surface area contributed by atoms with Gasteiger partial charge in [-0.05, 0) is 18.9 Å². The first-order valence-electron chi connectivity index (χ1n) is 2.73. The topological polar surface area (TPSA) is 17.1 Å². The zero-order valence-electron chi connectivity index (χ0n) is 5.77. The zero-order chi connectivity index (χ0) is 6.78. The number of hydrogen-bond acceptors (Lipinski definition) is 1. The van der Waals surface area contributed by atoms with Crippen LogP contribution in [0.2, 0.25) is 0 Å². The Balaban J connectivity index is 4.15. The molecule has 0 aromatic heterocycles. The average Bonchev–Trinajstić information content (AvgIpc) is 1.67. The largest absolute Gasteiger partial charge is 0.319 e. The van der Waals surface area contributed by atoms with Gasteiger partial charge in [0.25, 0.3) is 0 Å². The molecule has 0 radical (unpaired) electrons. The molecule has 0 spiro atoms. The lowest BCUT2D eigenvalue weighted by Gasteiger charge is -2.07. The van der Waals surface area contributed by atoms with Crippen molar-refractivity contribution in [2.75, 3.05) is 12.8 Å². The van der Waals surface area contributed by atoms with Gasteiger partial charge in [0.15, 0.2) is 0 Å². The summed E-state index contributed by atoms with van der Waals surface area (Å²) in [4.78, 5) is 0. The van der Waals surface area contributed by atoms with Crippen LogP contribution in [0.4, 0.5) is 0 Å². The van der Waals surface area contributed by atoms with E-state index in [1.165, 1.54) is 0 Å². The van der Waals surface area contributed by atoms with Crippen LogP contribution in [-0.2, 0) is 4.57 Å². The summed E-state index contributed by atoms with van der Waals surface area (Å²) in [5.41, 5.74) is 0. The smallest absolute Gasteiger partial charge is 0.107 e. The van der Waals surface area contributed by atoms with Crippen molar-refractivity contribution in [3.63, 3.8) is 0 Å². The molecule has 0 aliphatic heterocycles. The lowest BCUT2D eigenvalue weighted by atomic mass is 10.8. The molecule has 1 unspecified atom stereocenters. The molecule has 0 bridgehead atoms. The van der Waals surface area contributed by atoms with Gasteiger partial charge in [0, 0.05) is 6.16 Å². The van der Waals surface area contributed by atoms with Crippen molar-refractivity contribution in [1.29, 1.82) is 0 Å². The molecule has 2 heteroatoms. The van der Waals surface area contributed by atoms with Gasteiger partial charge in [-0.2, -0.15) is 0 Å². The van der Waals surface area contributed by atoms with Crippen LogP contribution in [0.15, 0.2) is 11.9 Å². The summed E-state index contributed by atoms with van der Waals surface area (Å²) in [7, 11) is -1.94. The summed E-state index contributed by atoms with van der Waals surface area (Å²) >= 11 is 0. The lowest BCUT2D eigenvalue weighted by Crippen LogP contribution is -1.81. The van der Waals surface area contributed by atoms with E-state index in [1.807, 2.05) is 13.8 Å². The van der Waals surface area contributed by atoms with E-state index in [9.17, 15) is 4.57 Å². The van der Waals surface area contributed by atoms with Gasteiger partial charge in [-0.15, -0.1) is 0 Å². The monoisotopic (exact) mass is 132 g/mol. The fourth-order valence-electron chi connectivity index (χ4n) is 0.270. The number of allylic oxidation sites excluding steroid dienone is 1. The van der Waals surface area contributed by atoms with Crippen molar-refractivity contribution in [2.24, 2.45) is 0 Å². The SMILES string of the molecule is C=C(C)P(C)(=O)CC. The molecular weight excluding hydrogens is 119 g/mol. The molecule has 0 rings (SSSR count). The van der Waals surface area contributed by atoms with Crippen LogP contribution >= 0.6 is 7.14 Å². The van der Waals surface area contributed by atoms with Crippen molar-refractivity contribution in [2.45, 2.75) is 13.8 Å². The van der Waals surface area contributed by atoms with E-state index in [-0.39, 0.29) is 0 Å². The Morgan fingerprint density at radius 3 is 2.12 bits per heavy atom. The Morgan fingerprint density at radius 1 is 1.75 bits per heavy atom. The van der Waals surface area contributed by atoms with E-state index >= 15 is 0 Å². The normalized spacial score (nSPS) is 17.4. The summed E-state index contributed by atoms with van der Waals surface area (Å²) in [6.45, 7) is 9.16. The molecule has 0 fully saturated rings. The molecular formula is C6H13OP. The van der Waals surface area contributed by atoms with E-state index in [4.69, 9.17) is 0 Å². The van der Waals surface area contributed by atoms with Gasteiger partial charge in [0.05, 0.1) is 0 Å². The highest BCUT2D eigenvalue weighted by atomic mass is 31.2. The Kier molecular flexibility index (Phi) is 2.49. The minimum atomic E-state index is -1.94. The Hall–Kier alpha value is -0.0300. The first-order chi connectivity index (χ1) is 3.50. The first kappa shape index (κ1) is 7.97. The van der Waals surface area contributed by atoms with Crippen LogP contribution in [-0.4, -0.2) is 12.8 Å². The van der Waals surface area contributed by atoms with Gasteiger partial charge in [-0.25, -0.2) is 0 Å². The van der Waals surface area contributed by atoms with E-state index in [2.05, 4.69) is 6.58 Å². The highest BCUT2D eigenvalue weighted by Crippen LogP contribution is 2.47. The van der Waals surface area contributed by atoms with Gasteiger partial charge in [0.2, 0.25) is 0 Å². The molecule has 0 aromatic carbocycles. The molecule has 0 aliphatic rings. The second-order valence-corrected chi connectivity index (χ2v) is 5.75. The van der Waals surface area contributed by atoms with Crippen molar-refractivity contribution < 1.29 is 4.57 Å². The first-order valence-corrected chi connectivity index (χ1v) is 5.07. The second kappa shape index (κ2) is 2.50. The molecule has 1 atom stereocenters. The third kappa shape index (κ3) is 1.83. The van der Waals surface area contributed by atoms with Crippen molar-refractivity contribution in [3.8, 4) is 0 Å². The Morgan fingerprint density at radius 2 is 2.12 bits per heavy atom. The maximum atomic E-state index is 11.2. The standard InChI is InChI=1S/C6H13OP/c1-5-8(4,7)6(2)3/h2,5H2,1,3-4H3. The summed E-state index contributed by atoms with van der Waals surface area (Å²) in [5, 5.41) is 0.833. The summed E-state index contributed by atoms with van der Waals surface area (Å²) < 4.78 is 11.2. The van der Waals surface area contributed by atoms with Crippen LogP contribution in [0.25, 0.3) is 0 Å². The summed E-state index contributed by atoms with van der Waals surface area (Å²) in [5.74, 6) is 0. The van der Waals surface area contributed by atoms with Gasteiger partial charge in [0.1, 0.15) is 7.14 Å². The molecule has 0 N–H and O–H groups in total. The highest BCUT2D eigenvalue weighted by molar-refractivity contribution is 7.67. The van der Waals surface area contributed by atoms with Gasteiger partial charge in [-0.3, -0.25) is 0 Å². The quantitative estimate of drug-likeness (QED) is 0.527. The third-order valence-corrected chi connectivity index (χ3v) is 4.23. The van der Waals surface area contributed by atoms with Crippen LogP contribution in [0, 0.1) is 0 Å². The van der Waals surface area contributed by atoms with Gasteiger partial charge < -0.3 is 4.57 Å². The van der Waals surface area contributed by atoms with Crippen LogP contribution in [0.3, 0.4) is 0 Å².